The third-order valence-electron chi connectivity index (χ3n) is 4.88. The van der Waals surface area contributed by atoms with Crippen LogP contribution in [0, 0.1) is 13.8 Å². The number of hydrogen-bond acceptors (Lipinski definition) is 3. The average molecular weight is 276 g/mol. The smallest absolute Gasteiger partial charge is 0.0594 e. The summed E-state index contributed by atoms with van der Waals surface area (Å²) < 4.78 is 5.48. The van der Waals surface area contributed by atoms with Crippen molar-refractivity contribution in [3.05, 3.63) is 34.9 Å². The van der Waals surface area contributed by atoms with Crippen LogP contribution in [0.3, 0.4) is 0 Å². The van der Waals surface area contributed by atoms with E-state index in [2.05, 4.69) is 50.8 Å². The van der Waals surface area contributed by atoms with Crippen LogP contribution in [0.4, 0.5) is 0 Å². The summed E-state index contributed by atoms with van der Waals surface area (Å²) in [5, 5.41) is 0. The van der Waals surface area contributed by atoms with Gasteiger partial charge in [0.05, 0.1) is 13.2 Å². The zero-order chi connectivity index (χ0) is 14.8. The number of hydrogen-bond donors (Lipinski definition) is 1. The van der Waals surface area contributed by atoms with Crippen LogP contribution in [0.25, 0.3) is 0 Å². The third kappa shape index (κ3) is 2.90. The number of benzene rings is 1. The van der Waals surface area contributed by atoms with Crippen molar-refractivity contribution in [2.24, 2.45) is 5.73 Å². The minimum Gasteiger partial charge on any atom is -0.379 e. The number of nitrogens with zero attached hydrogens (tertiary/aromatic N) is 1. The van der Waals surface area contributed by atoms with Gasteiger partial charge in [0, 0.05) is 24.7 Å². The lowest BCUT2D eigenvalue weighted by Gasteiger charge is -2.47. The summed E-state index contributed by atoms with van der Waals surface area (Å²) in [6.07, 6.45) is 1.04. The second-order valence-corrected chi connectivity index (χ2v) is 6.15. The van der Waals surface area contributed by atoms with Gasteiger partial charge in [-0.25, -0.2) is 0 Å². The lowest BCUT2D eigenvalue weighted by atomic mass is 9.81. The Morgan fingerprint density at radius 2 is 1.95 bits per heavy atom. The highest BCUT2D eigenvalue weighted by molar-refractivity contribution is 5.34. The van der Waals surface area contributed by atoms with Crippen molar-refractivity contribution in [3.8, 4) is 0 Å². The van der Waals surface area contributed by atoms with E-state index in [0.29, 0.717) is 0 Å². The van der Waals surface area contributed by atoms with E-state index in [1.165, 1.54) is 16.7 Å². The van der Waals surface area contributed by atoms with Crippen molar-refractivity contribution in [1.29, 1.82) is 0 Å². The second-order valence-electron chi connectivity index (χ2n) is 6.15. The third-order valence-corrected chi connectivity index (χ3v) is 4.88. The van der Waals surface area contributed by atoms with Crippen LogP contribution in [0.5, 0.6) is 0 Å². The molecule has 1 saturated heterocycles. The second kappa shape index (κ2) is 6.25. The summed E-state index contributed by atoms with van der Waals surface area (Å²) in [5.41, 5.74) is 10.5. The van der Waals surface area contributed by atoms with Gasteiger partial charge in [-0.05, 0) is 38.3 Å². The standard InChI is InChI=1S/C17H28N2O/c1-5-17(4,19-8-10-20-11-9-19)16(18)15-7-6-13(2)12-14(15)3/h6-7,12,16H,5,8-11,18H2,1-4H3. The Labute approximate surface area is 123 Å². The number of aryl methyl sites for hydroxylation is 2. The van der Waals surface area contributed by atoms with Crippen LogP contribution >= 0.6 is 0 Å². The molecule has 0 aliphatic carbocycles. The molecule has 1 aliphatic rings. The summed E-state index contributed by atoms with van der Waals surface area (Å²) in [6.45, 7) is 12.4. The average Bonchev–Trinajstić information content (AvgIpc) is 2.46. The Balaban J connectivity index is 2.29. The molecule has 2 unspecified atom stereocenters. The van der Waals surface area contributed by atoms with Gasteiger partial charge in [-0.2, -0.15) is 0 Å². The Kier molecular flexibility index (Phi) is 4.84. The molecule has 0 spiro atoms. The molecule has 0 aromatic heterocycles. The number of rotatable bonds is 4. The molecule has 1 aromatic carbocycles. The summed E-state index contributed by atoms with van der Waals surface area (Å²) in [5.74, 6) is 0. The van der Waals surface area contributed by atoms with Gasteiger partial charge in [-0.1, -0.05) is 30.7 Å². The summed E-state index contributed by atoms with van der Waals surface area (Å²) in [6, 6.07) is 6.62. The van der Waals surface area contributed by atoms with Crippen molar-refractivity contribution in [3.63, 3.8) is 0 Å². The fraction of sp³-hybridized carbons (Fsp3) is 0.647. The van der Waals surface area contributed by atoms with E-state index < -0.39 is 0 Å². The van der Waals surface area contributed by atoms with E-state index in [9.17, 15) is 0 Å². The zero-order valence-corrected chi connectivity index (χ0v) is 13.3. The van der Waals surface area contributed by atoms with E-state index in [1.54, 1.807) is 0 Å². The highest BCUT2D eigenvalue weighted by Gasteiger charge is 2.38. The van der Waals surface area contributed by atoms with Crippen LogP contribution in [0.1, 0.15) is 43.0 Å². The van der Waals surface area contributed by atoms with Gasteiger partial charge >= 0.3 is 0 Å². The number of nitrogens with two attached hydrogens (primary N) is 1. The largest absolute Gasteiger partial charge is 0.379 e. The molecule has 0 amide bonds. The van der Waals surface area contributed by atoms with Crippen LogP contribution in [-0.2, 0) is 4.74 Å². The topological polar surface area (TPSA) is 38.5 Å². The number of morpholine rings is 1. The minimum absolute atomic E-state index is 0.0101. The van der Waals surface area contributed by atoms with Crippen molar-refractivity contribution < 1.29 is 4.74 Å². The highest BCUT2D eigenvalue weighted by atomic mass is 16.5. The molecule has 112 valence electrons. The molecule has 0 saturated carbocycles. The van der Waals surface area contributed by atoms with Gasteiger partial charge in [0.2, 0.25) is 0 Å². The van der Waals surface area contributed by atoms with E-state index in [4.69, 9.17) is 10.5 Å². The van der Waals surface area contributed by atoms with Gasteiger partial charge in [0.1, 0.15) is 0 Å². The Bertz CT molecular complexity index is 454. The molecule has 3 heteroatoms. The van der Waals surface area contributed by atoms with Gasteiger partial charge in [0.25, 0.3) is 0 Å². The fourth-order valence-electron chi connectivity index (χ4n) is 3.22. The van der Waals surface area contributed by atoms with Gasteiger partial charge < -0.3 is 10.5 Å². The molecule has 20 heavy (non-hydrogen) atoms. The quantitative estimate of drug-likeness (QED) is 0.919. The molecule has 1 heterocycles. The molecule has 0 bridgehead atoms. The molecule has 2 N–H and O–H groups in total. The lowest BCUT2D eigenvalue weighted by molar-refractivity contribution is -0.0278. The molecule has 2 atom stereocenters. The van der Waals surface area contributed by atoms with Crippen LogP contribution in [-0.4, -0.2) is 36.7 Å². The molecule has 3 nitrogen and oxygen atoms in total. The summed E-state index contributed by atoms with van der Waals surface area (Å²) in [7, 11) is 0. The predicted molar refractivity (Wildman–Crippen MR) is 83.9 cm³/mol. The van der Waals surface area contributed by atoms with Crippen LogP contribution in [0.15, 0.2) is 18.2 Å². The van der Waals surface area contributed by atoms with Crippen molar-refractivity contribution in [2.45, 2.75) is 45.7 Å². The maximum Gasteiger partial charge on any atom is 0.0594 e. The van der Waals surface area contributed by atoms with Gasteiger partial charge in [-0.3, -0.25) is 4.90 Å². The first kappa shape index (κ1) is 15.5. The fourth-order valence-corrected chi connectivity index (χ4v) is 3.22. The van der Waals surface area contributed by atoms with E-state index in [0.717, 1.165) is 32.7 Å². The molecular formula is C17H28N2O. The Hall–Kier alpha value is -0.900. The van der Waals surface area contributed by atoms with Crippen LogP contribution < -0.4 is 5.73 Å². The van der Waals surface area contributed by atoms with E-state index in [1.807, 2.05) is 0 Å². The maximum atomic E-state index is 6.68. The molecule has 0 radical (unpaired) electrons. The normalized spacial score (nSPS) is 21.4. The summed E-state index contributed by atoms with van der Waals surface area (Å²) >= 11 is 0. The Morgan fingerprint density at radius 1 is 1.30 bits per heavy atom. The first-order chi connectivity index (χ1) is 9.49. The van der Waals surface area contributed by atoms with Gasteiger partial charge in [-0.15, -0.1) is 0 Å². The molecule has 1 aliphatic heterocycles. The number of ether oxygens (including phenoxy) is 1. The van der Waals surface area contributed by atoms with Crippen molar-refractivity contribution in [2.75, 3.05) is 26.3 Å². The van der Waals surface area contributed by atoms with Gasteiger partial charge in [0.15, 0.2) is 0 Å². The highest BCUT2D eigenvalue weighted by Crippen LogP contribution is 2.34. The maximum absolute atomic E-state index is 6.68. The zero-order valence-electron chi connectivity index (χ0n) is 13.3. The van der Waals surface area contributed by atoms with Crippen molar-refractivity contribution >= 4 is 0 Å². The first-order valence-corrected chi connectivity index (χ1v) is 7.64. The summed E-state index contributed by atoms with van der Waals surface area (Å²) in [4.78, 5) is 2.50. The molecule has 1 aromatic rings. The molecular weight excluding hydrogens is 248 g/mol. The SMILES string of the molecule is CCC(C)(C(N)c1ccc(C)cc1C)N1CCOCC1. The molecule has 1 fully saturated rings. The van der Waals surface area contributed by atoms with Crippen molar-refractivity contribution in [1.82, 2.24) is 4.90 Å². The Morgan fingerprint density at radius 3 is 2.50 bits per heavy atom. The lowest BCUT2D eigenvalue weighted by Crippen LogP contribution is -2.56. The monoisotopic (exact) mass is 276 g/mol. The first-order valence-electron chi connectivity index (χ1n) is 7.64. The van der Waals surface area contributed by atoms with Crippen LogP contribution in [0.2, 0.25) is 0 Å². The predicted octanol–water partition coefficient (Wildman–Crippen LogP) is 2.80. The minimum atomic E-state index is -0.0101. The molecule has 2 rings (SSSR count). The van der Waals surface area contributed by atoms with E-state index >= 15 is 0 Å². The van der Waals surface area contributed by atoms with E-state index in [-0.39, 0.29) is 11.6 Å².